The molecule has 2 rings (SSSR count). The predicted molar refractivity (Wildman–Crippen MR) is 121 cm³/mol. The van der Waals surface area contributed by atoms with Gasteiger partial charge in [-0.3, -0.25) is 9.10 Å². The van der Waals surface area contributed by atoms with Crippen LogP contribution in [-0.4, -0.2) is 46.5 Å². The molecule has 164 valence electrons. The molecule has 0 radical (unpaired) electrons. The monoisotopic (exact) mass is 494 g/mol. The normalized spacial score (nSPS) is 11.2. The molecule has 0 aliphatic rings. The third-order valence-corrected chi connectivity index (χ3v) is 6.68. The molecule has 2 aromatic rings. The van der Waals surface area contributed by atoms with E-state index in [1.807, 2.05) is 0 Å². The van der Waals surface area contributed by atoms with Crippen LogP contribution in [0.25, 0.3) is 0 Å². The van der Waals surface area contributed by atoms with E-state index in [1.54, 1.807) is 12.1 Å². The number of hydrogen-bond acceptors (Lipinski definition) is 5. The van der Waals surface area contributed by atoms with Gasteiger partial charge in [-0.05, 0) is 30.3 Å². The SMILES string of the molecule is COc1ccc(Cl)cc1N(CC(=O)NCCSCc1c(F)cccc1Cl)S(C)(=O)=O. The van der Waals surface area contributed by atoms with Crippen LogP contribution in [-0.2, 0) is 20.6 Å². The van der Waals surface area contributed by atoms with Crippen LogP contribution in [0.2, 0.25) is 10.0 Å². The molecule has 1 amide bonds. The van der Waals surface area contributed by atoms with Gasteiger partial charge in [-0.1, -0.05) is 29.3 Å². The maximum Gasteiger partial charge on any atom is 0.240 e. The van der Waals surface area contributed by atoms with E-state index in [9.17, 15) is 17.6 Å². The van der Waals surface area contributed by atoms with Gasteiger partial charge in [0.1, 0.15) is 18.1 Å². The topological polar surface area (TPSA) is 75.7 Å². The molecule has 0 unspecified atom stereocenters. The van der Waals surface area contributed by atoms with E-state index in [0.717, 1.165) is 10.6 Å². The number of anilines is 1. The van der Waals surface area contributed by atoms with E-state index in [4.69, 9.17) is 27.9 Å². The lowest BCUT2D eigenvalue weighted by atomic mass is 10.2. The second-order valence-electron chi connectivity index (χ2n) is 6.19. The van der Waals surface area contributed by atoms with Gasteiger partial charge >= 0.3 is 0 Å². The Morgan fingerprint density at radius 3 is 2.63 bits per heavy atom. The summed E-state index contributed by atoms with van der Waals surface area (Å²) in [6.45, 7) is -0.154. The van der Waals surface area contributed by atoms with Crippen LogP contribution < -0.4 is 14.4 Å². The van der Waals surface area contributed by atoms with Gasteiger partial charge in [0.25, 0.3) is 0 Å². The zero-order chi connectivity index (χ0) is 22.3. The van der Waals surface area contributed by atoms with Gasteiger partial charge in [0.15, 0.2) is 0 Å². The number of hydrogen-bond donors (Lipinski definition) is 1. The van der Waals surface area contributed by atoms with Crippen LogP contribution in [0, 0.1) is 5.82 Å². The second kappa shape index (κ2) is 11.1. The number of amides is 1. The molecule has 0 heterocycles. The molecule has 1 N–H and O–H groups in total. The Bertz CT molecular complexity index is 986. The zero-order valence-corrected chi connectivity index (χ0v) is 19.5. The number of sulfonamides is 1. The molecular formula is C19H21Cl2FN2O4S2. The lowest BCUT2D eigenvalue weighted by Gasteiger charge is -2.24. The Kier molecular flexibility index (Phi) is 9.09. The summed E-state index contributed by atoms with van der Waals surface area (Å²) in [4.78, 5) is 12.3. The standard InChI is InChI=1S/C19H21Cl2FN2O4S2/c1-28-18-7-6-13(20)10-17(18)24(30(2,26)27)11-19(25)23-8-9-29-12-14-15(21)4-3-5-16(14)22/h3-7,10H,8-9,11-12H2,1-2H3,(H,23,25). The number of halogens is 3. The van der Waals surface area contributed by atoms with Gasteiger partial charge in [-0.25, -0.2) is 12.8 Å². The molecule has 0 spiro atoms. The second-order valence-corrected chi connectivity index (χ2v) is 10.0. The fraction of sp³-hybridized carbons (Fsp3) is 0.316. The maximum absolute atomic E-state index is 13.7. The molecule has 0 atom stereocenters. The lowest BCUT2D eigenvalue weighted by Crippen LogP contribution is -2.41. The summed E-state index contributed by atoms with van der Waals surface area (Å²) in [7, 11) is -2.38. The number of ether oxygens (including phenoxy) is 1. The molecule has 0 aromatic heterocycles. The highest BCUT2D eigenvalue weighted by Crippen LogP contribution is 2.32. The first-order valence-corrected chi connectivity index (χ1v) is 12.5. The number of carbonyl (C=O) groups excluding carboxylic acids is 1. The van der Waals surface area contributed by atoms with E-state index in [2.05, 4.69) is 5.32 Å². The molecule has 0 aliphatic heterocycles. The molecule has 0 saturated carbocycles. The average Bonchev–Trinajstić information content (AvgIpc) is 2.67. The first-order valence-electron chi connectivity index (χ1n) is 8.72. The first kappa shape index (κ1) is 24.6. The molecule has 0 saturated heterocycles. The van der Waals surface area contributed by atoms with Crippen molar-refractivity contribution in [1.82, 2.24) is 5.32 Å². The Morgan fingerprint density at radius 1 is 1.27 bits per heavy atom. The van der Waals surface area contributed by atoms with Gasteiger partial charge in [0.2, 0.25) is 15.9 Å². The van der Waals surface area contributed by atoms with Gasteiger partial charge in [0, 0.05) is 33.7 Å². The quantitative estimate of drug-likeness (QED) is 0.506. The highest BCUT2D eigenvalue weighted by atomic mass is 35.5. The molecule has 11 heteroatoms. The number of nitrogens with one attached hydrogen (secondary N) is 1. The number of nitrogens with zero attached hydrogens (tertiary/aromatic N) is 1. The van der Waals surface area contributed by atoms with Crippen molar-refractivity contribution < 1.29 is 22.3 Å². The van der Waals surface area contributed by atoms with Crippen LogP contribution in [0.5, 0.6) is 5.75 Å². The van der Waals surface area contributed by atoms with Crippen molar-refractivity contribution in [2.75, 3.05) is 36.5 Å². The highest BCUT2D eigenvalue weighted by Gasteiger charge is 2.24. The van der Waals surface area contributed by atoms with E-state index in [0.29, 0.717) is 27.1 Å². The largest absolute Gasteiger partial charge is 0.495 e. The van der Waals surface area contributed by atoms with Crippen LogP contribution in [0.1, 0.15) is 5.56 Å². The molecule has 6 nitrogen and oxygen atoms in total. The maximum atomic E-state index is 13.7. The number of thioether (sulfide) groups is 1. The lowest BCUT2D eigenvalue weighted by molar-refractivity contribution is -0.119. The fourth-order valence-electron chi connectivity index (χ4n) is 2.53. The fourth-order valence-corrected chi connectivity index (χ4v) is 4.75. The molecule has 0 fully saturated rings. The van der Waals surface area contributed by atoms with Crippen molar-refractivity contribution in [2.45, 2.75) is 5.75 Å². The summed E-state index contributed by atoms with van der Waals surface area (Å²) in [5.74, 6) is 0.256. The van der Waals surface area contributed by atoms with Crippen LogP contribution in [0.4, 0.5) is 10.1 Å². The van der Waals surface area contributed by atoms with Gasteiger partial charge in [-0.15, -0.1) is 0 Å². The molecule has 0 aliphatic carbocycles. The smallest absolute Gasteiger partial charge is 0.240 e. The van der Waals surface area contributed by atoms with Crippen molar-refractivity contribution in [2.24, 2.45) is 0 Å². The Labute approximate surface area is 189 Å². The van der Waals surface area contributed by atoms with E-state index in [-0.39, 0.29) is 23.8 Å². The molecule has 30 heavy (non-hydrogen) atoms. The van der Waals surface area contributed by atoms with Crippen molar-refractivity contribution >= 4 is 56.6 Å². The zero-order valence-electron chi connectivity index (χ0n) is 16.3. The van der Waals surface area contributed by atoms with Gasteiger partial charge in [-0.2, -0.15) is 11.8 Å². The van der Waals surface area contributed by atoms with Crippen LogP contribution >= 0.6 is 35.0 Å². The summed E-state index contributed by atoms with van der Waals surface area (Å²) < 4.78 is 44.3. The van der Waals surface area contributed by atoms with Crippen molar-refractivity contribution in [1.29, 1.82) is 0 Å². The minimum Gasteiger partial charge on any atom is -0.495 e. The van der Waals surface area contributed by atoms with Crippen molar-refractivity contribution in [3.05, 3.63) is 57.8 Å². The van der Waals surface area contributed by atoms with E-state index in [1.165, 1.54) is 43.1 Å². The summed E-state index contributed by atoms with van der Waals surface area (Å²) in [5.41, 5.74) is 0.581. The molecule has 0 bridgehead atoms. The number of benzene rings is 2. The predicted octanol–water partition coefficient (Wildman–Crippen LogP) is 3.96. The number of carbonyl (C=O) groups is 1. The molecule has 2 aromatic carbocycles. The van der Waals surface area contributed by atoms with Gasteiger partial charge < -0.3 is 10.1 Å². The van der Waals surface area contributed by atoms with Gasteiger partial charge in [0.05, 0.1) is 19.1 Å². The Balaban J connectivity index is 1.94. The Morgan fingerprint density at radius 2 is 2.00 bits per heavy atom. The van der Waals surface area contributed by atoms with Crippen molar-refractivity contribution in [3.8, 4) is 5.75 Å². The third-order valence-electron chi connectivity index (χ3n) is 3.97. The first-order chi connectivity index (χ1) is 14.1. The summed E-state index contributed by atoms with van der Waals surface area (Å²) in [6, 6.07) is 9.00. The third kappa shape index (κ3) is 6.94. The average molecular weight is 495 g/mol. The Hall–Kier alpha value is -1.68. The van der Waals surface area contributed by atoms with E-state index < -0.39 is 22.5 Å². The summed E-state index contributed by atoms with van der Waals surface area (Å²) >= 11 is 13.4. The highest BCUT2D eigenvalue weighted by molar-refractivity contribution is 7.98. The molecular weight excluding hydrogens is 474 g/mol. The van der Waals surface area contributed by atoms with Crippen LogP contribution in [0.15, 0.2) is 36.4 Å². The summed E-state index contributed by atoms with van der Waals surface area (Å²) in [6.07, 6.45) is 0.995. The number of rotatable bonds is 10. The summed E-state index contributed by atoms with van der Waals surface area (Å²) in [5, 5.41) is 3.32. The van der Waals surface area contributed by atoms with E-state index >= 15 is 0 Å². The minimum atomic E-state index is -3.77. The number of methoxy groups -OCH3 is 1. The van der Waals surface area contributed by atoms with Crippen molar-refractivity contribution in [3.63, 3.8) is 0 Å². The minimum absolute atomic E-state index is 0.172. The van der Waals surface area contributed by atoms with Crippen LogP contribution in [0.3, 0.4) is 0 Å².